The fraction of sp³-hybridized carbons (Fsp3) is 0.238. The molecule has 0 saturated heterocycles. The molecule has 0 fully saturated rings. The van der Waals surface area contributed by atoms with Crippen molar-refractivity contribution >= 4 is 34.3 Å². The van der Waals surface area contributed by atoms with Crippen molar-refractivity contribution < 1.29 is 9.26 Å². The molecule has 0 aliphatic carbocycles. The highest BCUT2D eigenvalue weighted by molar-refractivity contribution is 7.98. The van der Waals surface area contributed by atoms with Crippen LogP contribution in [0.3, 0.4) is 0 Å². The Kier molecular flexibility index (Phi) is 6.17. The van der Waals surface area contributed by atoms with E-state index < -0.39 is 0 Å². The second-order valence-corrected chi connectivity index (χ2v) is 8.05. The van der Waals surface area contributed by atoms with Crippen LogP contribution < -0.4 is 5.56 Å². The lowest BCUT2D eigenvalue weighted by atomic mass is 10.1. The quantitative estimate of drug-likeness (QED) is 0.311. The van der Waals surface area contributed by atoms with Crippen LogP contribution in [0.4, 0.5) is 0 Å². The minimum atomic E-state index is -0.137. The topological polar surface area (TPSA) is 83.0 Å². The molecule has 0 atom stereocenters. The maximum Gasteiger partial charge on any atom is 0.262 e. The zero-order valence-electron chi connectivity index (χ0n) is 16.5. The summed E-state index contributed by atoms with van der Waals surface area (Å²) in [5.41, 5.74) is 2.43. The van der Waals surface area contributed by atoms with Crippen molar-refractivity contribution in [2.24, 2.45) is 0 Å². The Morgan fingerprint density at radius 1 is 1.20 bits per heavy atom. The minimum Gasteiger partial charge on any atom is -0.383 e. The average molecular weight is 443 g/mol. The van der Waals surface area contributed by atoms with Crippen LogP contribution in [-0.2, 0) is 17.0 Å². The summed E-state index contributed by atoms with van der Waals surface area (Å²) in [4.78, 5) is 22.1. The highest BCUT2D eigenvalue weighted by Gasteiger charge is 2.15. The Labute approximate surface area is 182 Å². The van der Waals surface area contributed by atoms with Crippen LogP contribution >= 0.6 is 23.4 Å². The van der Waals surface area contributed by atoms with Crippen LogP contribution in [-0.4, -0.2) is 33.4 Å². The first kappa shape index (κ1) is 20.6. The van der Waals surface area contributed by atoms with Crippen molar-refractivity contribution in [2.75, 3.05) is 13.7 Å². The number of ether oxygens (including phenoxy) is 1. The van der Waals surface area contributed by atoms with Gasteiger partial charge in [-0.25, -0.2) is 4.98 Å². The first-order valence-corrected chi connectivity index (χ1v) is 10.6. The van der Waals surface area contributed by atoms with E-state index in [9.17, 15) is 4.79 Å². The van der Waals surface area contributed by atoms with Gasteiger partial charge in [-0.05, 0) is 31.2 Å². The Bertz CT molecular complexity index is 1250. The summed E-state index contributed by atoms with van der Waals surface area (Å²) in [6.45, 7) is 2.80. The van der Waals surface area contributed by atoms with Gasteiger partial charge in [-0.1, -0.05) is 52.3 Å². The van der Waals surface area contributed by atoms with E-state index in [2.05, 4.69) is 15.1 Å². The molecule has 2 aromatic heterocycles. The number of fused-ring (bicyclic) bond motifs is 1. The molecule has 0 aliphatic rings. The van der Waals surface area contributed by atoms with E-state index in [1.54, 1.807) is 29.9 Å². The van der Waals surface area contributed by atoms with Gasteiger partial charge in [-0.3, -0.25) is 9.36 Å². The van der Waals surface area contributed by atoms with Crippen LogP contribution in [0.1, 0.15) is 11.5 Å². The molecule has 0 radical (unpaired) electrons. The van der Waals surface area contributed by atoms with E-state index in [4.69, 9.17) is 20.9 Å². The summed E-state index contributed by atoms with van der Waals surface area (Å²) in [7, 11) is 1.59. The van der Waals surface area contributed by atoms with E-state index in [1.165, 1.54) is 11.8 Å². The molecule has 7 nitrogen and oxygen atoms in total. The summed E-state index contributed by atoms with van der Waals surface area (Å²) in [5, 5.41) is 5.65. The summed E-state index contributed by atoms with van der Waals surface area (Å²) in [5.74, 6) is 1.36. The molecule has 154 valence electrons. The van der Waals surface area contributed by atoms with Gasteiger partial charge >= 0.3 is 0 Å². The van der Waals surface area contributed by atoms with Gasteiger partial charge in [-0.15, -0.1) is 0 Å². The number of hydrogen-bond donors (Lipinski definition) is 0. The molecule has 2 aromatic carbocycles. The molecule has 0 bridgehead atoms. The monoisotopic (exact) mass is 442 g/mol. The van der Waals surface area contributed by atoms with E-state index >= 15 is 0 Å². The number of halogens is 1. The Morgan fingerprint density at radius 3 is 2.87 bits per heavy atom. The standard InChI is InChI=1S/C21H19ClN4O3S/c1-13-4-3-5-14(10-13)19-24-18(29-25-19)12-30-21-23-17-11-15(22)6-7-16(17)20(27)26(21)8-9-28-2/h3-7,10-11H,8-9,12H2,1-2H3. The van der Waals surface area contributed by atoms with E-state index in [-0.39, 0.29) is 5.56 Å². The maximum absolute atomic E-state index is 13.0. The first-order valence-electron chi connectivity index (χ1n) is 9.26. The lowest BCUT2D eigenvalue weighted by Crippen LogP contribution is -2.25. The number of hydrogen-bond acceptors (Lipinski definition) is 7. The first-order chi connectivity index (χ1) is 14.5. The maximum atomic E-state index is 13.0. The molecule has 0 amide bonds. The summed E-state index contributed by atoms with van der Waals surface area (Å²) < 4.78 is 12.1. The number of nitrogens with zero attached hydrogens (tertiary/aromatic N) is 4. The van der Waals surface area contributed by atoms with Gasteiger partial charge in [0.2, 0.25) is 11.7 Å². The van der Waals surface area contributed by atoms with Crippen molar-refractivity contribution in [1.82, 2.24) is 19.7 Å². The van der Waals surface area contributed by atoms with Crippen LogP contribution in [0.25, 0.3) is 22.3 Å². The van der Waals surface area contributed by atoms with Gasteiger partial charge in [0.25, 0.3) is 5.56 Å². The predicted octanol–water partition coefficient (Wildman–Crippen LogP) is 4.35. The number of aryl methyl sites for hydroxylation is 1. The van der Waals surface area contributed by atoms with Crippen molar-refractivity contribution in [2.45, 2.75) is 24.4 Å². The third-order valence-electron chi connectivity index (χ3n) is 4.47. The fourth-order valence-electron chi connectivity index (χ4n) is 3.00. The summed E-state index contributed by atoms with van der Waals surface area (Å²) in [6.07, 6.45) is 0. The van der Waals surface area contributed by atoms with Gasteiger partial charge in [0.1, 0.15) is 0 Å². The molecule has 4 rings (SSSR count). The molecule has 30 heavy (non-hydrogen) atoms. The molecular formula is C21H19ClN4O3S. The third kappa shape index (κ3) is 4.40. The zero-order valence-corrected chi connectivity index (χ0v) is 18.0. The molecule has 0 saturated carbocycles. The van der Waals surface area contributed by atoms with E-state index in [0.717, 1.165) is 11.1 Å². The lowest BCUT2D eigenvalue weighted by molar-refractivity contribution is 0.183. The van der Waals surface area contributed by atoms with Crippen LogP contribution in [0.2, 0.25) is 5.02 Å². The summed E-state index contributed by atoms with van der Waals surface area (Å²) >= 11 is 7.44. The van der Waals surface area contributed by atoms with Gasteiger partial charge in [-0.2, -0.15) is 4.98 Å². The van der Waals surface area contributed by atoms with Gasteiger partial charge < -0.3 is 9.26 Å². The molecule has 4 aromatic rings. The Hall–Kier alpha value is -2.68. The fourth-order valence-corrected chi connectivity index (χ4v) is 4.03. The Balaban J connectivity index is 1.62. The second-order valence-electron chi connectivity index (χ2n) is 6.68. The molecule has 9 heteroatoms. The van der Waals surface area contributed by atoms with Crippen molar-refractivity contribution in [3.05, 3.63) is 69.3 Å². The molecule has 0 spiro atoms. The Morgan fingerprint density at radius 2 is 2.07 bits per heavy atom. The van der Waals surface area contributed by atoms with Gasteiger partial charge in [0.15, 0.2) is 5.16 Å². The minimum absolute atomic E-state index is 0.137. The van der Waals surface area contributed by atoms with Crippen LogP contribution in [0.5, 0.6) is 0 Å². The number of methoxy groups -OCH3 is 1. The van der Waals surface area contributed by atoms with Crippen molar-refractivity contribution in [3.63, 3.8) is 0 Å². The average Bonchev–Trinajstić information content (AvgIpc) is 3.21. The van der Waals surface area contributed by atoms with Crippen LogP contribution in [0.15, 0.2) is 56.9 Å². The normalized spacial score (nSPS) is 11.3. The number of thioether (sulfide) groups is 1. The zero-order chi connectivity index (χ0) is 21.1. The molecule has 0 unspecified atom stereocenters. The smallest absolute Gasteiger partial charge is 0.262 e. The molecule has 0 aliphatic heterocycles. The molecule has 0 N–H and O–H groups in total. The largest absolute Gasteiger partial charge is 0.383 e. The highest BCUT2D eigenvalue weighted by atomic mass is 35.5. The summed E-state index contributed by atoms with van der Waals surface area (Å²) in [6, 6.07) is 13.0. The number of rotatable bonds is 7. The lowest BCUT2D eigenvalue weighted by Gasteiger charge is -2.12. The van der Waals surface area contributed by atoms with Crippen LogP contribution in [0, 0.1) is 6.92 Å². The third-order valence-corrected chi connectivity index (χ3v) is 5.67. The number of aromatic nitrogens is 4. The van der Waals surface area contributed by atoms with E-state index in [1.807, 2.05) is 31.2 Å². The predicted molar refractivity (Wildman–Crippen MR) is 117 cm³/mol. The van der Waals surface area contributed by atoms with Crippen molar-refractivity contribution in [3.8, 4) is 11.4 Å². The highest BCUT2D eigenvalue weighted by Crippen LogP contribution is 2.24. The molecular weight excluding hydrogens is 424 g/mol. The SMILES string of the molecule is COCCn1c(SCc2nc(-c3cccc(C)c3)no2)nc2cc(Cl)ccc2c1=O. The second kappa shape index (κ2) is 8.99. The van der Waals surface area contributed by atoms with E-state index in [0.29, 0.717) is 51.7 Å². The van der Waals surface area contributed by atoms with Crippen molar-refractivity contribution in [1.29, 1.82) is 0 Å². The number of benzene rings is 2. The van der Waals surface area contributed by atoms with Gasteiger partial charge in [0, 0.05) is 17.7 Å². The molecule has 2 heterocycles. The van der Waals surface area contributed by atoms with Gasteiger partial charge in [0.05, 0.1) is 29.8 Å².